The predicted molar refractivity (Wildman–Crippen MR) is 101 cm³/mol. The number of hydrogen-bond donors (Lipinski definition) is 0. The van der Waals surface area contributed by atoms with Crippen LogP contribution >= 0.6 is 0 Å². The van der Waals surface area contributed by atoms with Gasteiger partial charge in [-0.05, 0) is 25.1 Å². The van der Waals surface area contributed by atoms with Gasteiger partial charge in [-0.15, -0.1) is 0 Å². The van der Waals surface area contributed by atoms with E-state index in [1.165, 1.54) is 17.7 Å². The van der Waals surface area contributed by atoms with Gasteiger partial charge >= 0.3 is 0 Å². The zero-order valence-corrected chi connectivity index (χ0v) is 15.8. The molecule has 0 aromatic heterocycles. The zero-order chi connectivity index (χ0) is 19.2. The third-order valence-electron chi connectivity index (χ3n) is 4.71. The first-order valence-corrected chi connectivity index (χ1v) is 9.07. The lowest BCUT2D eigenvalue weighted by molar-refractivity contribution is -0.135. The number of carbonyl (C=O) groups is 1. The number of aryl methyl sites for hydroxylation is 1. The summed E-state index contributed by atoms with van der Waals surface area (Å²) in [5.74, 6) is 0.809. The normalized spacial score (nSPS) is 14.9. The first-order valence-electron chi connectivity index (χ1n) is 9.07. The summed E-state index contributed by atoms with van der Waals surface area (Å²) < 4.78 is 24.0. The molecule has 1 amide bonds. The Hall–Kier alpha value is -2.60. The van der Waals surface area contributed by atoms with Crippen molar-refractivity contribution in [1.29, 1.82) is 0 Å². The van der Waals surface area contributed by atoms with Crippen LogP contribution in [0.5, 0.6) is 11.5 Å². The molecule has 2 aromatic carbocycles. The molecule has 1 aliphatic heterocycles. The maximum absolute atomic E-state index is 13.2. The van der Waals surface area contributed by atoms with Crippen molar-refractivity contribution in [2.75, 3.05) is 39.9 Å². The molecule has 0 atom stereocenters. The number of carbonyl (C=O) groups excluding carboxylic acids is 1. The number of rotatable bonds is 6. The van der Waals surface area contributed by atoms with Crippen molar-refractivity contribution in [3.63, 3.8) is 0 Å². The van der Waals surface area contributed by atoms with Gasteiger partial charge in [0.1, 0.15) is 17.3 Å². The average molecular weight is 372 g/mol. The molecule has 0 N–H and O–H groups in total. The lowest BCUT2D eigenvalue weighted by Crippen LogP contribution is -2.49. The molecule has 0 aliphatic carbocycles. The van der Waals surface area contributed by atoms with Gasteiger partial charge in [0.05, 0.1) is 7.11 Å². The number of halogens is 1. The van der Waals surface area contributed by atoms with E-state index in [0.29, 0.717) is 18.8 Å². The van der Waals surface area contributed by atoms with Crippen LogP contribution in [0.4, 0.5) is 4.39 Å². The van der Waals surface area contributed by atoms with Crippen LogP contribution in [0.25, 0.3) is 0 Å². The average Bonchev–Trinajstić information content (AvgIpc) is 2.67. The van der Waals surface area contributed by atoms with Crippen LogP contribution in [-0.2, 0) is 11.3 Å². The van der Waals surface area contributed by atoms with Gasteiger partial charge in [-0.2, -0.15) is 0 Å². The molecule has 0 bridgehead atoms. The van der Waals surface area contributed by atoms with Crippen molar-refractivity contribution in [2.45, 2.75) is 13.5 Å². The minimum absolute atomic E-state index is 0.0742. The monoisotopic (exact) mass is 372 g/mol. The highest BCUT2D eigenvalue weighted by Gasteiger charge is 2.22. The predicted octanol–water partition coefficient (Wildman–Crippen LogP) is 2.87. The van der Waals surface area contributed by atoms with Gasteiger partial charge in [-0.25, -0.2) is 4.39 Å². The van der Waals surface area contributed by atoms with E-state index in [4.69, 9.17) is 9.47 Å². The molecule has 0 spiro atoms. The first kappa shape index (κ1) is 19.2. The Morgan fingerprint density at radius 1 is 1.11 bits per heavy atom. The number of nitrogens with zero attached hydrogens (tertiary/aromatic N) is 2. The second kappa shape index (κ2) is 8.86. The summed E-state index contributed by atoms with van der Waals surface area (Å²) in [7, 11) is 1.68. The van der Waals surface area contributed by atoms with Crippen LogP contribution in [-0.4, -0.2) is 55.6 Å². The van der Waals surface area contributed by atoms with E-state index < -0.39 is 0 Å². The lowest BCUT2D eigenvalue weighted by atomic mass is 10.1. The molecule has 2 aromatic rings. The number of piperazine rings is 1. The lowest BCUT2D eigenvalue weighted by Gasteiger charge is -2.35. The Labute approximate surface area is 159 Å². The molecule has 0 radical (unpaired) electrons. The quantitative estimate of drug-likeness (QED) is 0.782. The third kappa shape index (κ3) is 5.20. The molecule has 27 heavy (non-hydrogen) atoms. The molecular weight excluding hydrogens is 347 g/mol. The fourth-order valence-electron chi connectivity index (χ4n) is 3.22. The van der Waals surface area contributed by atoms with Crippen molar-refractivity contribution in [3.8, 4) is 11.5 Å². The molecule has 1 fully saturated rings. The fourth-order valence-corrected chi connectivity index (χ4v) is 3.22. The van der Waals surface area contributed by atoms with E-state index in [2.05, 4.69) is 17.9 Å². The number of ether oxygens (including phenoxy) is 2. The second-order valence-electron chi connectivity index (χ2n) is 6.72. The summed E-state index contributed by atoms with van der Waals surface area (Å²) in [6.07, 6.45) is 0. The van der Waals surface area contributed by atoms with E-state index in [0.717, 1.165) is 30.9 Å². The van der Waals surface area contributed by atoms with Crippen LogP contribution in [0, 0.1) is 12.7 Å². The fraction of sp³-hybridized carbons (Fsp3) is 0.381. The molecule has 1 heterocycles. The summed E-state index contributed by atoms with van der Waals surface area (Å²) in [5.41, 5.74) is 2.36. The van der Waals surface area contributed by atoms with E-state index in [1.807, 2.05) is 12.1 Å². The Kier molecular flexibility index (Phi) is 6.29. The highest BCUT2D eigenvalue weighted by Crippen LogP contribution is 2.22. The zero-order valence-electron chi connectivity index (χ0n) is 15.8. The molecule has 0 saturated carbocycles. The summed E-state index contributed by atoms with van der Waals surface area (Å²) >= 11 is 0. The standard InChI is InChI=1S/C21H25FN2O3/c1-16-6-7-20(26-2)17(12-16)14-23-8-10-24(11-9-23)21(25)15-27-19-5-3-4-18(22)13-19/h3-7,12-13H,8-11,14-15H2,1-2H3. The van der Waals surface area contributed by atoms with Gasteiger partial charge in [0.2, 0.25) is 0 Å². The molecule has 144 valence electrons. The molecule has 3 rings (SSSR count). The minimum Gasteiger partial charge on any atom is -0.496 e. The SMILES string of the molecule is COc1ccc(C)cc1CN1CCN(C(=O)COc2cccc(F)c2)CC1. The Balaban J connectivity index is 1.48. The van der Waals surface area contributed by atoms with Gasteiger partial charge in [0, 0.05) is 44.4 Å². The number of hydrogen-bond acceptors (Lipinski definition) is 4. The smallest absolute Gasteiger partial charge is 0.260 e. The van der Waals surface area contributed by atoms with Crippen molar-refractivity contribution in [2.24, 2.45) is 0 Å². The summed E-state index contributed by atoms with van der Waals surface area (Å²) in [5, 5.41) is 0. The largest absolute Gasteiger partial charge is 0.496 e. The topological polar surface area (TPSA) is 42.0 Å². The number of methoxy groups -OCH3 is 1. The van der Waals surface area contributed by atoms with Crippen LogP contribution in [0.1, 0.15) is 11.1 Å². The van der Waals surface area contributed by atoms with Crippen molar-refractivity contribution < 1.29 is 18.7 Å². The van der Waals surface area contributed by atoms with Gasteiger partial charge in [0.15, 0.2) is 6.61 Å². The second-order valence-corrected chi connectivity index (χ2v) is 6.72. The third-order valence-corrected chi connectivity index (χ3v) is 4.71. The van der Waals surface area contributed by atoms with Gasteiger partial charge in [-0.3, -0.25) is 9.69 Å². The van der Waals surface area contributed by atoms with Gasteiger partial charge in [0.25, 0.3) is 5.91 Å². The van der Waals surface area contributed by atoms with E-state index >= 15 is 0 Å². The van der Waals surface area contributed by atoms with E-state index in [-0.39, 0.29) is 18.3 Å². The Morgan fingerprint density at radius 2 is 1.89 bits per heavy atom. The summed E-state index contributed by atoms with van der Waals surface area (Å²) in [4.78, 5) is 16.4. The molecule has 1 aliphatic rings. The highest BCUT2D eigenvalue weighted by atomic mass is 19.1. The van der Waals surface area contributed by atoms with Gasteiger partial charge < -0.3 is 14.4 Å². The van der Waals surface area contributed by atoms with Crippen LogP contribution in [0.15, 0.2) is 42.5 Å². The molecule has 0 unspecified atom stereocenters. The first-order chi connectivity index (χ1) is 13.0. The molecule has 6 heteroatoms. The molecular formula is C21H25FN2O3. The van der Waals surface area contributed by atoms with Crippen LogP contribution in [0.3, 0.4) is 0 Å². The van der Waals surface area contributed by atoms with Gasteiger partial charge in [-0.1, -0.05) is 23.8 Å². The van der Waals surface area contributed by atoms with E-state index in [9.17, 15) is 9.18 Å². The number of benzene rings is 2. The van der Waals surface area contributed by atoms with Crippen molar-refractivity contribution in [3.05, 3.63) is 59.4 Å². The summed E-state index contributed by atoms with van der Waals surface area (Å²) in [6.45, 7) is 5.69. The van der Waals surface area contributed by atoms with Crippen LogP contribution in [0.2, 0.25) is 0 Å². The Morgan fingerprint density at radius 3 is 2.59 bits per heavy atom. The molecule has 5 nitrogen and oxygen atoms in total. The highest BCUT2D eigenvalue weighted by molar-refractivity contribution is 5.77. The van der Waals surface area contributed by atoms with E-state index in [1.54, 1.807) is 24.1 Å². The molecule has 1 saturated heterocycles. The Bertz CT molecular complexity index is 789. The van der Waals surface area contributed by atoms with Crippen molar-refractivity contribution in [1.82, 2.24) is 9.80 Å². The minimum atomic E-state index is -0.375. The van der Waals surface area contributed by atoms with Crippen LogP contribution < -0.4 is 9.47 Å². The maximum atomic E-state index is 13.2. The van der Waals surface area contributed by atoms with Crippen molar-refractivity contribution >= 4 is 5.91 Å². The maximum Gasteiger partial charge on any atom is 0.260 e. The summed E-state index contributed by atoms with van der Waals surface area (Å²) in [6, 6.07) is 12.0. The number of amides is 1.